The van der Waals surface area contributed by atoms with Crippen LogP contribution in [0.5, 0.6) is 11.5 Å². The summed E-state index contributed by atoms with van der Waals surface area (Å²) in [5.41, 5.74) is 7.36. The Labute approximate surface area is 134 Å². The molecule has 0 aliphatic carbocycles. The number of hydrogen-bond donors (Lipinski definition) is 1. The Balaban J connectivity index is 2.04. The van der Waals surface area contributed by atoms with Crippen LogP contribution in [0.15, 0.2) is 18.2 Å². The van der Waals surface area contributed by atoms with Crippen LogP contribution in [0.25, 0.3) is 0 Å². The molecule has 1 aromatic carbocycles. The van der Waals surface area contributed by atoms with Gasteiger partial charge in [0.2, 0.25) is 0 Å². The highest BCUT2D eigenvalue weighted by atomic mass is 16.5. The predicted molar refractivity (Wildman–Crippen MR) is 90.4 cm³/mol. The van der Waals surface area contributed by atoms with Gasteiger partial charge >= 0.3 is 0 Å². The van der Waals surface area contributed by atoms with Crippen molar-refractivity contribution in [2.45, 2.75) is 40.3 Å². The van der Waals surface area contributed by atoms with Gasteiger partial charge < -0.3 is 15.2 Å². The highest BCUT2D eigenvalue weighted by molar-refractivity contribution is 5.43. The number of nitrogens with zero attached hydrogens (tertiary/aromatic N) is 1. The van der Waals surface area contributed by atoms with E-state index in [1.165, 1.54) is 5.56 Å². The maximum absolute atomic E-state index is 6.11. The van der Waals surface area contributed by atoms with E-state index in [9.17, 15) is 0 Å². The largest absolute Gasteiger partial charge is 0.490 e. The fraction of sp³-hybridized carbons (Fsp3) is 0.667. The Bertz CT molecular complexity index is 466. The molecule has 1 saturated heterocycles. The Morgan fingerprint density at radius 1 is 1.23 bits per heavy atom. The number of rotatable bonds is 7. The van der Waals surface area contributed by atoms with Gasteiger partial charge in [0.25, 0.3) is 0 Å². The molecule has 1 aliphatic rings. The van der Waals surface area contributed by atoms with Crippen LogP contribution >= 0.6 is 0 Å². The van der Waals surface area contributed by atoms with Crippen LogP contribution in [0.1, 0.15) is 33.3 Å². The molecule has 0 bridgehead atoms. The second kappa shape index (κ2) is 7.84. The summed E-state index contributed by atoms with van der Waals surface area (Å²) in [6.45, 7) is 12.8. The van der Waals surface area contributed by atoms with E-state index in [1.54, 1.807) is 0 Å². The van der Waals surface area contributed by atoms with Gasteiger partial charge in [-0.25, -0.2) is 0 Å². The third kappa shape index (κ3) is 4.62. The van der Waals surface area contributed by atoms with Crippen LogP contribution in [0, 0.1) is 11.8 Å². The number of hydrogen-bond acceptors (Lipinski definition) is 4. The number of ether oxygens (including phenoxy) is 2. The quantitative estimate of drug-likeness (QED) is 0.841. The van der Waals surface area contributed by atoms with Crippen molar-refractivity contribution in [3.8, 4) is 11.5 Å². The van der Waals surface area contributed by atoms with Crippen LogP contribution in [0.2, 0.25) is 0 Å². The molecule has 4 nitrogen and oxygen atoms in total. The average molecular weight is 306 g/mol. The van der Waals surface area contributed by atoms with Gasteiger partial charge in [-0.1, -0.05) is 26.8 Å². The minimum Gasteiger partial charge on any atom is -0.490 e. The molecular weight excluding hydrogens is 276 g/mol. The third-order valence-corrected chi connectivity index (χ3v) is 4.03. The summed E-state index contributed by atoms with van der Waals surface area (Å²) in [4.78, 5) is 2.41. The Kier molecular flexibility index (Phi) is 6.09. The van der Waals surface area contributed by atoms with Gasteiger partial charge in [0.1, 0.15) is 0 Å². The van der Waals surface area contributed by atoms with E-state index in [2.05, 4.69) is 37.8 Å². The normalized spacial score (nSPS) is 22.3. The first-order chi connectivity index (χ1) is 10.5. The summed E-state index contributed by atoms with van der Waals surface area (Å²) in [6, 6.07) is 6.56. The zero-order valence-corrected chi connectivity index (χ0v) is 14.3. The molecule has 22 heavy (non-hydrogen) atoms. The summed E-state index contributed by atoms with van der Waals surface area (Å²) in [5.74, 6) is 2.75. The predicted octanol–water partition coefficient (Wildman–Crippen LogP) is 2.90. The van der Waals surface area contributed by atoms with Gasteiger partial charge in [0, 0.05) is 25.7 Å². The van der Waals surface area contributed by atoms with E-state index in [0.717, 1.165) is 31.1 Å². The molecule has 1 aromatic rings. The van der Waals surface area contributed by atoms with Gasteiger partial charge in [0.15, 0.2) is 11.5 Å². The molecule has 2 N–H and O–H groups in total. The molecular formula is C18H30N2O2. The number of likely N-dealkylation sites (tertiary alicyclic amines) is 1. The van der Waals surface area contributed by atoms with Crippen LogP contribution in [-0.4, -0.2) is 37.2 Å². The standard InChI is InChI=1S/C18H30N2O2/c1-5-21-18-8-15(6-7-17(18)22-12-13(2)3)10-20-9-14(4)16(19)11-20/h6-8,13-14,16H,5,9-12,19H2,1-4H3. The van der Waals surface area contributed by atoms with Crippen LogP contribution in [0.3, 0.4) is 0 Å². The van der Waals surface area contributed by atoms with Gasteiger partial charge in [-0.3, -0.25) is 4.90 Å². The van der Waals surface area contributed by atoms with Crippen molar-refractivity contribution in [2.75, 3.05) is 26.3 Å². The van der Waals surface area contributed by atoms with Crippen LogP contribution in [0.4, 0.5) is 0 Å². The van der Waals surface area contributed by atoms with Gasteiger partial charge in [-0.15, -0.1) is 0 Å². The smallest absolute Gasteiger partial charge is 0.161 e. The van der Waals surface area contributed by atoms with Crippen LogP contribution < -0.4 is 15.2 Å². The molecule has 0 aromatic heterocycles. The van der Waals surface area contributed by atoms with Crippen LogP contribution in [-0.2, 0) is 6.54 Å². The minimum atomic E-state index is 0.292. The SMILES string of the molecule is CCOc1cc(CN2CC(C)C(N)C2)ccc1OCC(C)C. The molecule has 0 saturated carbocycles. The van der Waals surface area contributed by atoms with E-state index in [4.69, 9.17) is 15.2 Å². The summed E-state index contributed by atoms with van der Waals surface area (Å²) in [5, 5.41) is 0. The van der Waals surface area contributed by atoms with E-state index < -0.39 is 0 Å². The zero-order chi connectivity index (χ0) is 16.1. The molecule has 0 amide bonds. The van der Waals surface area contributed by atoms with Crippen molar-refractivity contribution in [3.05, 3.63) is 23.8 Å². The lowest BCUT2D eigenvalue weighted by molar-refractivity contribution is 0.247. The fourth-order valence-corrected chi connectivity index (χ4v) is 2.78. The van der Waals surface area contributed by atoms with Gasteiger partial charge in [-0.05, 0) is 36.5 Å². The Morgan fingerprint density at radius 2 is 2.00 bits per heavy atom. The maximum Gasteiger partial charge on any atom is 0.161 e. The van der Waals surface area contributed by atoms with Crippen molar-refractivity contribution in [3.63, 3.8) is 0 Å². The molecule has 1 aliphatic heterocycles. The first-order valence-corrected chi connectivity index (χ1v) is 8.36. The highest BCUT2D eigenvalue weighted by Gasteiger charge is 2.26. The fourth-order valence-electron chi connectivity index (χ4n) is 2.78. The maximum atomic E-state index is 6.11. The van der Waals surface area contributed by atoms with Crippen molar-refractivity contribution < 1.29 is 9.47 Å². The van der Waals surface area contributed by atoms with Gasteiger partial charge in [0.05, 0.1) is 13.2 Å². The molecule has 2 rings (SSSR count). The Hall–Kier alpha value is -1.26. The Morgan fingerprint density at radius 3 is 2.59 bits per heavy atom. The molecule has 124 valence electrons. The van der Waals surface area contributed by atoms with E-state index >= 15 is 0 Å². The first-order valence-electron chi connectivity index (χ1n) is 8.36. The molecule has 4 heteroatoms. The van der Waals surface area contributed by atoms with E-state index in [0.29, 0.717) is 31.1 Å². The summed E-state index contributed by atoms with van der Waals surface area (Å²) < 4.78 is 11.6. The van der Waals surface area contributed by atoms with Gasteiger partial charge in [-0.2, -0.15) is 0 Å². The lowest BCUT2D eigenvalue weighted by Gasteiger charge is -2.18. The first kappa shape index (κ1) is 17.1. The summed E-state index contributed by atoms with van der Waals surface area (Å²) >= 11 is 0. The number of nitrogens with two attached hydrogens (primary N) is 1. The monoisotopic (exact) mass is 306 g/mol. The molecule has 2 unspecified atom stereocenters. The average Bonchev–Trinajstić information content (AvgIpc) is 2.76. The highest BCUT2D eigenvalue weighted by Crippen LogP contribution is 2.30. The lowest BCUT2D eigenvalue weighted by Crippen LogP contribution is -2.28. The molecule has 1 fully saturated rings. The minimum absolute atomic E-state index is 0.292. The molecule has 0 spiro atoms. The van der Waals surface area contributed by atoms with Crippen molar-refractivity contribution in [2.24, 2.45) is 17.6 Å². The van der Waals surface area contributed by atoms with Crippen molar-refractivity contribution in [1.29, 1.82) is 0 Å². The summed E-state index contributed by atoms with van der Waals surface area (Å²) in [6.07, 6.45) is 0. The summed E-state index contributed by atoms with van der Waals surface area (Å²) in [7, 11) is 0. The second-order valence-electron chi connectivity index (χ2n) is 6.75. The zero-order valence-electron chi connectivity index (χ0n) is 14.3. The molecule has 2 atom stereocenters. The van der Waals surface area contributed by atoms with E-state index in [1.807, 2.05) is 13.0 Å². The topological polar surface area (TPSA) is 47.7 Å². The lowest BCUT2D eigenvalue weighted by atomic mass is 10.1. The third-order valence-electron chi connectivity index (χ3n) is 4.03. The molecule has 1 heterocycles. The molecule has 0 radical (unpaired) electrons. The second-order valence-corrected chi connectivity index (χ2v) is 6.75. The van der Waals surface area contributed by atoms with Crippen molar-refractivity contribution >= 4 is 0 Å². The van der Waals surface area contributed by atoms with Crippen molar-refractivity contribution in [1.82, 2.24) is 4.90 Å². The number of benzene rings is 1. The van der Waals surface area contributed by atoms with E-state index in [-0.39, 0.29) is 0 Å².